The molecule has 3 rings (SSSR count). The van der Waals surface area contributed by atoms with Crippen molar-refractivity contribution in [3.05, 3.63) is 41.5 Å². The molecule has 6 nitrogen and oxygen atoms in total. The summed E-state index contributed by atoms with van der Waals surface area (Å²) in [6.45, 7) is 2.81. The summed E-state index contributed by atoms with van der Waals surface area (Å²) in [6, 6.07) is 4.04. The van der Waals surface area contributed by atoms with E-state index in [4.69, 9.17) is 4.74 Å². The van der Waals surface area contributed by atoms with Crippen LogP contribution < -0.4 is 9.64 Å². The molecule has 0 saturated carbocycles. The molecule has 0 unspecified atom stereocenters. The number of aromatic nitrogens is 3. The summed E-state index contributed by atoms with van der Waals surface area (Å²) < 4.78 is 5.36. The molecule has 0 saturated heterocycles. The van der Waals surface area contributed by atoms with Crippen molar-refractivity contribution in [1.29, 1.82) is 0 Å². The van der Waals surface area contributed by atoms with Crippen LogP contribution in [0.4, 0.5) is 5.82 Å². The van der Waals surface area contributed by atoms with Gasteiger partial charge >= 0.3 is 0 Å². The minimum atomic E-state index is 0.711. The average Bonchev–Trinajstić information content (AvgIpc) is 2.77. The van der Waals surface area contributed by atoms with Crippen LogP contribution in [0.2, 0.25) is 0 Å². The number of fused-ring (bicyclic) bond motifs is 1. The van der Waals surface area contributed by atoms with Crippen molar-refractivity contribution >= 4 is 5.82 Å². The monoisotopic (exact) mass is 313 g/mol. The van der Waals surface area contributed by atoms with Gasteiger partial charge in [0.25, 0.3) is 0 Å². The average molecular weight is 313 g/mol. The van der Waals surface area contributed by atoms with E-state index in [0.717, 1.165) is 43.9 Å². The molecule has 1 aliphatic rings. The van der Waals surface area contributed by atoms with Gasteiger partial charge in [0.2, 0.25) is 5.88 Å². The highest BCUT2D eigenvalue weighted by atomic mass is 16.5. The molecule has 0 amide bonds. The largest absolute Gasteiger partial charge is 0.481 e. The number of nitrogens with zero attached hydrogens (tertiary/aromatic N) is 5. The first kappa shape index (κ1) is 15.7. The summed E-state index contributed by atoms with van der Waals surface area (Å²) >= 11 is 0. The highest BCUT2D eigenvalue weighted by Crippen LogP contribution is 2.24. The molecule has 0 radical (unpaired) electrons. The molecule has 0 fully saturated rings. The van der Waals surface area contributed by atoms with Crippen molar-refractivity contribution in [2.45, 2.75) is 19.4 Å². The number of anilines is 1. The molecule has 2 aromatic heterocycles. The van der Waals surface area contributed by atoms with Crippen molar-refractivity contribution in [2.75, 3.05) is 39.2 Å². The lowest BCUT2D eigenvalue weighted by Crippen LogP contribution is -2.26. The second kappa shape index (κ2) is 6.91. The van der Waals surface area contributed by atoms with Gasteiger partial charge in [-0.15, -0.1) is 0 Å². The Morgan fingerprint density at radius 3 is 2.78 bits per heavy atom. The van der Waals surface area contributed by atoms with Gasteiger partial charge in [0.15, 0.2) is 0 Å². The first-order valence-electron chi connectivity index (χ1n) is 7.89. The fourth-order valence-electron chi connectivity index (χ4n) is 3.07. The van der Waals surface area contributed by atoms with E-state index in [-0.39, 0.29) is 0 Å². The van der Waals surface area contributed by atoms with E-state index < -0.39 is 0 Å². The maximum atomic E-state index is 5.36. The Balaban J connectivity index is 1.76. The smallest absolute Gasteiger partial charge is 0.217 e. The van der Waals surface area contributed by atoms with Crippen LogP contribution >= 0.6 is 0 Å². The Morgan fingerprint density at radius 2 is 2.00 bits per heavy atom. The maximum absolute atomic E-state index is 5.36. The second-order valence-electron chi connectivity index (χ2n) is 5.96. The van der Waals surface area contributed by atoms with E-state index in [0.29, 0.717) is 5.88 Å². The minimum Gasteiger partial charge on any atom is -0.481 e. The van der Waals surface area contributed by atoms with Gasteiger partial charge in [-0.05, 0) is 12.5 Å². The summed E-state index contributed by atoms with van der Waals surface area (Å²) in [5.74, 6) is 1.75. The zero-order valence-corrected chi connectivity index (χ0v) is 14.0. The molecule has 2 aromatic rings. The van der Waals surface area contributed by atoms with Crippen LogP contribution in [0.15, 0.2) is 24.7 Å². The van der Waals surface area contributed by atoms with E-state index in [1.54, 1.807) is 19.6 Å². The first-order chi connectivity index (χ1) is 11.2. The van der Waals surface area contributed by atoms with Crippen molar-refractivity contribution in [3.8, 4) is 5.88 Å². The van der Waals surface area contributed by atoms with Crippen molar-refractivity contribution in [2.24, 2.45) is 0 Å². The van der Waals surface area contributed by atoms with Gasteiger partial charge in [0, 0.05) is 57.5 Å². The molecule has 1 aliphatic heterocycles. The van der Waals surface area contributed by atoms with Gasteiger partial charge in [-0.1, -0.05) is 6.07 Å². The molecule has 0 aliphatic carbocycles. The Bertz CT molecular complexity index is 674. The quantitative estimate of drug-likeness (QED) is 0.853. The lowest BCUT2D eigenvalue weighted by molar-refractivity contribution is 0.272. The second-order valence-corrected chi connectivity index (χ2v) is 5.96. The van der Waals surface area contributed by atoms with Crippen LogP contribution in [0.25, 0.3) is 0 Å². The van der Waals surface area contributed by atoms with Crippen molar-refractivity contribution in [1.82, 2.24) is 19.9 Å². The number of pyridine rings is 1. The van der Waals surface area contributed by atoms with E-state index in [9.17, 15) is 0 Å². The van der Waals surface area contributed by atoms with Gasteiger partial charge in [-0.2, -0.15) is 0 Å². The molecule has 23 heavy (non-hydrogen) atoms. The van der Waals surface area contributed by atoms with E-state index in [1.165, 1.54) is 11.3 Å². The van der Waals surface area contributed by atoms with Crippen LogP contribution in [0.3, 0.4) is 0 Å². The molecule has 0 aromatic carbocycles. The van der Waals surface area contributed by atoms with Crippen molar-refractivity contribution < 1.29 is 4.74 Å². The van der Waals surface area contributed by atoms with E-state index >= 15 is 0 Å². The first-order valence-corrected chi connectivity index (χ1v) is 7.89. The maximum Gasteiger partial charge on any atom is 0.217 e. The summed E-state index contributed by atoms with van der Waals surface area (Å²) in [6.07, 6.45) is 5.35. The van der Waals surface area contributed by atoms with Gasteiger partial charge in [0.1, 0.15) is 12.1 Å². The molecule has 6 heteroatoms. The van der Waals surface area contributed by atoms with Gasteiger partial charge in [0.05, 0.1) is 12.8 Å². The van der Waals surface area contributed by atoms with E-state index in [2.05, 4.69) is 30.8 Å². The minimum absolute atomic E-state index is 0.711. The summed E-state index contributed by atoms with van der Waals surface area (Å²) in [4.78, 5) is 17.7. The highest BCUT2D eigenvalue weighted by molar-refractivity contribution is 5.48. The fourth-order valence-corrected chi connectivity index (χ4v) is 3.07. The number of hydrogen-bond donors (Lipinski definition) is 0. The molecule has 3 heterocycles. The lowest BCUT2D eigenvalue weighted by Gasteiger charge is -2.20. The van der Waals surface area contributed by atoms with Crippen LogP contribution in [-0.2, 0) is 19.4 Å². The summed E-state index contributed by atoms with van der Waals surface area (Å²) in [7, 11) is 5.74. The van der Waals surface area contributed by atoms with E-state index in [1.807, 2.05) is 20.2 Å². The zero-order valence-electron chi connectivity index (χ0n) is 14.0. The molecule has 0 spiro atoms. The van der Waals surface area contributed by atoms with Crippen molar-refractivity contribution in [3.63, 3.8) is 0 Å². The summed E-state index contributed by atoms with van der Waals surface area (Å²) in [5, 5.41) is 0. The van der Waals surface area contributed by atoms with Crippen LogP contribution in [0.5, 0.6) is 5.88 Å². The number of methoxy groups -OCH3 is 1. The molecule has 122 valence electrons. The van der Waals surface area contributed by atoms with Crippen LogP contribution in [-0.4, -0.2) is 54.1 Å². The standard InChI is InChI=1S/C17H23N5O/c1-21(2)16-14-6-9-22(10-7-15(14)19-12-20-16)11-13-5-4-8-18-17(13)23-3/h4-5,8,12H,6-7,9-11H2,1-3H3. The predicted octanol–water partition coefficient (Wildman–Crippen LogP) is 1.55. The van der Waals surface area contributed by atoms with Crippen LogP contribution in [0.1, 0.15) is 16.8 Å². The third-order valence-corrected chi connectivity index (χ3v) is 4.22. The van der Waals surface area contributed by atoms with Crippen LogP contribution in [0, 0.1) is 0 Å². The number of ether oxygens (including phenoxy) is 1. The third kappa shape index (κ3) is 3.42. The Kier molecular flexibility index (Phi) is 4.71. The topological polar surface area (TPSA) is 54.4 Å². The molecule has 0 N–H and O–H groups in total. The molecule has 0 atom stereocenters. The lowest BCUT2D eigenvalue weighted by atomic mass is 10.1. The molecular weight excluding hydrogens is 290 g/mol. The normalized spacial score (nSPS) is 14.9. The predicted molar refractivity (Wildman–Crippen MR) is 89.8 cm³/mol. The number of hydrogen-bond acceptors (Lipinski definition) is 6. The van der Waals surface area contributed by atoms with Gasteiger partial charge in [-0.3, -0.25) is 4.90 Å². The zero-order chi connectivity index (χ0) is 16.2. The highest BCUT2D eigenvalue weighted by Gasteiger charge is 2.20. The fraction of sp³-hybridized carbons (Fsp3) is 0.471. The summed E-state index contributed by atoms with van der Waals surface area (Å²) in [5.41, 5.74) is 3.57. The Morgan fingerprint density at radius 1 is 1.17 bits per heavy atom. The van der Waals surface area contributed by atoms with Gasteiger partial charge in [-0.25, -0.2) is 15.0 Å². The van der Waals surface area contributed by atoms with Gasteiger partial charge < -0.3 is 9.64 Å². The Labute approximate surface area is 137 Å². The molecule has 0 bridgehead atoms. The Hall–Kier alpha value is -2.21. The SMILES string of the molecule is COc1ncccc1CN1CCc2ncnc(N(C)C)c2CC1. The molecular formula is C17H23N5O. The number of rotatable bonds is 4. The third-order valence-electron chi connectivity index (χ3n) is 4.22.